The van der Waals surface area contributed by atoms with Crippen LogP contribution in [-0.2, 0) is 13.0 Å². The third kappa shape index (κ3) is 3.93. The standard InChI is InChI=1S/C21H21FN6S/c22-16-6-5-14-7-10-28(12-15(14)11-16)19-4-1-3-17(25-19)18-13-29-21(26-18)27-20-23-8-2-9-24-20/h1,3-6,11,13H,2,7-10,12H2,(H2,23,24,26,27). The molecule has 3 aromatic rings. The molecule has 148 valence electrons. The van der Waals surface area contributed by atoms with Gasteiger partial charge in [0.15, 0.2) is 11.1 Å². The predicted octanol–water partition coefficient (Wildman–Crippen LogP) is 3.67. The molecule has 0 aliphatic carbocycles. The number of halogens is 1. The molecule has 2 aliphatic rings. The Morgan fingerprint density at radius 3 is 2.97 bits per heavy atom. The van der Waals surface area contributed by atoms with E-state index in [9.17, 15) is 4.39 Å². The van der Waals surface area contributed by atoms with E-state index in [1.54, 1.807) is 6.07 Å². The van der Waals surface area contributed by atoms with Crippen LogP contribution in [0.3, 0.4) is 0 Å². The Kier molecular flexibility index (Phi) is 4.85. The summed E-state index contributed by atoms with van der Waals surface area (Å²) < 4.78 is 13.6. The summed E-state index contributed by atoms with van der Waals surface area (Å²) in [6.07, 6.45) is 1.94. The number of anilines is 2. The van der Waals surface area contributed by atoms with E-state index >= 15 is 0 Å². The van der Waals surface area contributed by atoms with Crippen LogP contribution in [0, 0.1) is 5.82 Å². The van der Waals surface area contributed by atoms with E-state index in [-0.39, 0.29) is 5.82 Å². The van der Waals surface area contributed by atoms with E-state index in [0.717, 1.165) is 66.3 Å². The number of aromatic nitrogens is 2. The van der Waals surface area contributed by atoms with Crippen molar-refractivity contribution < 1.29 is 4.39 Å². The van der Waals surface area contributed by atoms with Crippen LogP contribution in [0.5, 0.6) is 0 Å². The lowest BCUT2D eigenvalue weighted by Crippen LogP contribution is -2.35. The van der Waals surface area contributed by atoms with Gasteiger partial charge in [-0.05, 0) is 48.2 Å². The number of nitrogens with zero attached hydrogens (tertiary/aromatic N) is 4. The number of aliphatic imine (C=N–C) groups is 1. The molecule has 5 rings (SSSR count). The Balaban J connectivity index is 1.34. The number of hydrogen-bond acceptors (Lipinski definition) is 7. The van der Waals surface area contributed by atoms with Gasteiger partial charge in [0, 0.05) is 31.6 Å². The molecule has 2 aromatic heterocycles. The fraction of sp³-hybridized carbons (Fsp3) is 0.286. The maximum absolute atomic E-state index is 13.6. The van der Waals surface area contributed by atoms with Crippen LogP contribution in [0.4, 0.5) is 15.3 Å². The van der Waals surface area contributed by atoms with Crippen molar-refractivity contribution in [2.45, 2.75) is 19.4 Å². The molecular formula is C21H21FN6S. The van der Waals surface area contributed by atoms with Gasteiger partial charge >= 0.3 is 0 Å². The van der Waals surface area contributed by atoms with Crippen LogP contribution in [-0.4, -0.2) is 35.6 Å². The Hall–Kier alpha value is -3.00. The summed E-state index contributed by atoms with van der Waals surface area (Å²) in [5.41, 5.74) is 3.91. The molecule has 2 aliphatic heterocycles. The lowest BCUT2D eigenvalue weighted by molar-refractivity contribution is 0.618. The molecule has 2 N–H and O–H groups in total. The fourth-order valence-electron chi connectivity index (χ4n) is 3.63. The van der Waals surface area contributed by atoms with E-state index in [1.165, 1.54) is 23.0 Å². The molecule has 0 saturated heterocycles. The van der Waals surface area contributed by atoms with Crippen molar-refractivity contribution in [3.63, 3.8) is 0 Å². The minimum atomic E-state index is -0.188. The SMILES string of the molecule is Fc1ccc2c(c1)CN(c1cccc(-c3csc(NC4=NCCCN4)n3)n1)CC2. The van der Waals surface area contributed by atoms with Gasteiger partial charge < -0.3 is 15.5 Å². The number of fused-ring (bicyclic) bond motifs is 1. The third-order valence-corrected chi connectivity index (χ3v) is 5.89. The summed E-state index contributed by atoms with van der Waals surface area (Å²) in [6, 6.07) is 11.0. The van der Waals surface area contributed by atoms with E-state index in [4.69, 9.17) is 4.98 Å². The number of nitrogens with one attached hydrogen (secondary N) is 2. The summed E-state index contributed by atoms with van der Waals surface area (Å²) in [7, 11) is 0. The zero-order valence-electron chi connectivity index (χ0n) is 15.9. The summed E-state index contributed by atoms with van der Waals surface area (Å²) >= 11 is 1.53. The lowest BCUT2D eigenvalue weighted by Gasteiger charge is -2.30. The average Bonchev–Trinajstić information content (AvgIpc) is 3.22. The molecule has 0 bridgehead atoms. The van der Waals surface area contributed by atoms with Crippen molar-refractivity contribution in [2.75, 3.05) is 29.9 Å². The number of thiazole rings is 1. The lowest BCUT2D eigenvalue weighted by atomic mass is 9.99. The topological polar surface area (TPSA) is 65.4 Å². The molecular weight excluding hydrogens is 387 g/mol. The van der Waals surface area contributed by atoms with Crippen LogP contribution in [0.1, 0.15) is 17.5 Å². The largest absolute Gasteiger partial charge is 0.356 e. The highest BCUT2D eigenvalue weighted by molar-refractivity contribution is 7.14. The molecule has 0 fully saturated rings. The minimum absolute atomic E-state index is 0.188. The Morgan fingerprint density at radius 2 is 2.07 bits per heavy atom. The van der Waals surface area contributed by atoms with E-state index < -0.39 is 0 Å². The third-order valence-electron chi connectivity index (χ3n) is 5.13. The van der Waals surface area contributed by atoms with Crippen LogP contribution in [0.2, 0.25) is 0 Å². The van der Waals surface area contributed by atoms with Crippen molar-refractivity contribution in [1.29, 1.82) is 0 Å². The Bertz CT molecular complexity index is 1060. The zero-order chi connectivity index (χ0) is 19.6. The zero-order valence-corrected chi connectivity index (χ0v) is 16.7. The second-order valence-electron chi connectivity index (χ2n) is 7.14. The predicted molar refractivity (Wildman–Crippen MR) is 115 cm³/mol. The molecule has 6 nitrogen and oxygen atoms in total. The van der Waals surface area contributed by atoms with Crippen LogP contribution < -0.4 is 15.5 Å². The quantitative estimate of drug-likeness (QED) is 0.692. The van der Waals surface area contributed by atoms with Gasteiger partial charge in [-0.1, -0.05) is 12.1 Å². The van der Waals surface area contributed by atoms with Crippen molar-refractivity contribution in [3.05, 3.63) is 58.7 Å². The van der Waals surface area contributed by atoms with Gasteiger partial charge in [0.1, 0.15) is 17.3 Å². The smallest absolute Gasteiger partial charge is 0.197 e. The number of hydrogen-bond donors (Lipinski definition) is 2. The van der Waals surface area contributed by atoms with Crippen molar-refractivity contribution in [2.24, 2.45) is 4.99 Å². The van der Waals surface area contributed by atoms with Gasteiger partial charge in [0.05, 0.1) is 5.69 Å². The molecule has 1 aromatic carbocycles. The first kappa shape index (κ1) is 18.1. The molecule has 0 spiro atoms. The first-order valence-corrected chi connectivity index (χ1v) is 10.6. The number of rotatable bonds is 3. The maximum atomic E-state index is 13.6. The fourth-order valence-corrected chi connectivity index (χ4v) is 4.33. The highest BCUT2D eigenvalue weighted by Gasteiger charge is 2.19. The van der Waals surface area contributed by atoms with E-state index in [2.05, 4.69) is 25.5 Å². The van der Waals surface area contributed by atoms with Gasteiger partial charge in [0.2, 0.25) is 0 Å². The van der Waals surface area contributed by atoms with Crippen molar-refractivity contribution >= 4 is 28.2 Å². The molecule has 0 unspecified atom stereocenters. The van der Waals surface area contributed by atoms with Crippen molar-refractivity contribution in [1.82, 2.24) is 15.3 Å². The van der Waals surface area contributed by atoms with Crippen molar-refractivity contribution in [3.8, 4) is 11.4 Å². The summed E-state index contributed by atoms with van der Waals surface area (Å²) in [4.78, 5) is 16.1. The summed E-state index contributed by atoms with van der Waals surface area (Å²) in [5.74, 6) is 1.48. The molecule has 8 heteroatoms. The molecule has 0 amide bonds. The number of guanidine groups is 1. The highest BCUT2D eigenvalue weighted by atomic mass is 32.1. The highest BCUT2D eigenvalue weighted by Crippen LogP contribution is 2.28. The average molecular weight is 409 g/mol. The first-order chi connectivity index (χ1) is 14.2. The minimum Gasteiger partial charge on any atom is -0.356 e. The van der Waals surface area contributed by atoms with Gasteiger partial charge in [-0.25, -0.2) is 14.4 Å². The normalized spacial score (nSPS) is 16.0. The molecule has 0 saturated carbocycles. The van der Waals surface area contributed by atoms with Gasteiger partial charge in [-0.2, -0.15) is 0 Å². The molecule has 4 heterocycles. The molecule has 0 atom stereocenters. The Labute approximate surface area is 172 Å². The molecule has 0 radical (unpaired) electrons. The first-order valence-electron chi connectivity index (χ1n) is 9.75. The van der Waals surface area contributed by atoms with Crippen LogP contribution >= 0.6 is 11.3 Å². The monoisotopic (exact) mass is 408 g/mol. The molecule has 29 heavy (non-hydrogen) atoms. The second-order valence-corrected chi connectivity index (χ2v) is 8.00. The summed E-state index contributed by atoms with van der Waals surface area (Å²) in [6.45, 7) is 3.29. The van der Waals surface area contributed by atoms with E-state index in [0.29, 0.717) is 6.54 Å². The van der Waals surface area contributed by atoms with Crippen LogP contribution in [0.25, 0.3) is 11.4 Å². The summed E-state index contributed by atoms with van der Waals surface area (Å²) in [5, 5.41) is 9.27. The second kappa shape index (κ2) is 7.79. The maximum Gasteiger partial charge on any atom is 0.197 e. The Morgan fingerprint density at radius 1 is 1.10 bits per heavy atom. The van der Waals surface area contributed by atoms with Gasteiger partial charge in [-0.15, -0.1) is 11.3 Å². The van der Waals surface area contributed by atoms with E-state index in [1.807, 2.05) is 29.6 Å². The van der Waals surface area contributed by atoms with Crippen LogP contribution in [0.15, 0.2) is 46.8 Å². The van der Waals surface area contributed by atoms with Gasteiger partial charge in [-0.3, -0.25) is 4.99 Å². The van der Waals surface area contributed by atoms with Gasteiger partial charge in [0.25, 0.3) is 0 Å². The number of pyridine rings is 1. The number of benzene rings is 1.